The second kappa shape index (κ2) is 31.6. The highest BCUT2D eigenvalue weighted by atomic mass is 16.6. The second-order valence-corrected chi connectivity index (χ2v) is 10.9. The summed E-state index contributed by atoms with van der Waals surface area (Å²) in [5, 5.41) is 9.48. The molecule has 0 spiro atoms. The van der Waals surface area contributed by atoms with Crippen molar-refractivity contribution in [3.8, 4) is 0 Å². The van der Waals surface area contributed by atoms with Crippen LogP contribution in [0.3, 0.4) is 0 Å². The van der Waals surface area contributed by atoms with Gasteiger partial charge in [0.25, 0.3) is 0 Å². The highest BCUT2D eigenvalue weighted by Gasteiger charge is 2.16. The van der Waals surface area contributed by atoms with Crippen LogP contribution in [0.25, 0.3) is 0 Å². The van der Waals surface area contributed by atoms with Crippen LogP contribution in [0.2, 0.25) is 0 Å². The highest BCUT2D eigenvalue weighted by molar-refractivity contribution is 5.70. The maximum absolute atomic E-state index is 12.1. The van der Waals surface area contributed by atoms with Gasteiger partial charge in [-0.1, -0.05) is 115 Å². The second-order valence-electron chi connectivity index (χ2n) is 10.9. The van der Waals surface area contributed by atoms with Crippen molar-refractivity contribution in [3.63, 3.8) is 0 Å². The molecular weight excluding hydrogens is 500 g/mol. The molecule has 0 saturated carbocycles. The molecular formula is C35H62O5. The molecule has 0 aliphatic rings. The summed E-state index contributed by atoms with van der Waals surface area (Å²) in [5.74, 6) is -0.622. The van der Waals surface area contributed by atoms with E-state index in [4.69, 9.17) is 9.47 Å². The lowest BCUT2D eigenvalue weighted by atomic mass is 10.1. The van der Waals surface area contributed by atoms with E-state index < -0.39 is 6.10 Å². The van der Waals surface area contributed by atoms with Gasteiger partial charge in [-0.05, 0) is 64.2 Å². The maximum atomic E-state index is 12.1. The Labute approximate surface area is 246 Å². The predicted molar refractivity (Wildman–Crippen MR) is 168 cm³/mol. The Kier molecular flexibility index (Phi) is 30.2. The number of allylic oxidation sites excluding steroid dienone is 6. The molecule has 0 rings (SSSR count). The summed E-state index contributed by atoms with van der Waals surface area (Å²) in [6, 6.07) is 0. The van der Waals surface area contributed by atoms with Crippen molar-refractivity contribution in [2.24, 2.45) is 0 Å². The zero-order chi connectivity index (χ0) is 29.4. The first-order valence-corrected chi connectivity index (χ1v) is 16.5. The Bertz CT molecular complexity index is 652. The van der Waals surface area contributed by atoms with Gasteiger partial charge in [0.2, 0.25) is 0 Å². The van der Waals surface area contributed by atoms with Crippen LogP contribution in [-0.2, 0) is 19.1 Å². The first-order chi connectivity index (χ1) is 19.6. The van der Waals surface area contributed by atoms with Gasteiger partial charge in [-0.15, -0.1) is 0 Å². The van der Waals surface area contributed by atoms with Crippen molar-refractivity contribution in [2.45, 2.75) is 161 Å². The summed E-state index contributed by atoms with van der Waals surface area (Å²) in [7, 11) is 0. The maximum Gasteiger partial charge on any atom is 0.306 e. The molecule has 0 amide bonds. The first kappa shape index (κ1) is 38.1. The van der Waals surface area contributed by atoms with E-state index in [1.807, 2.05) is 0 Å². The number of esters is 2. The number of ether oxygens (including phenoxy) is 2. The van der Waals surface area contributed by atoms with Crippen molar-refractivity contribution < 1.29 is 24.2 Å². The van der Waals surface area contributed by atoms with E-state index in [9.17, 15) is 14.7 Å². The molecule has 0 aliphatic heterocycles. The monoisotopic (exact) mass is 562 g/mol. The van der Waals surface area contributed by atoms with Crippen molar-refractivity contribution in [1.82, 2.24) is 0 Å². The number of aliphatic hydroxyl groups is 1. The minimum atomic E-state index is -0.777. The van der Waals surface area contributed by atoms with Crippen LogP contribution in [0.1, 0.15) is 155 Å². The molecule has 0 saturated heterocycles. The third-order valence-electron chi connectivity index (χ3n) is 6.91. The summed E-state index contributed by atoms with van der Waals surface area (Å²) in [6.07, 6.45) is 36.2. The lowest BCUT2D eigenvalue weighted by Gasteiger charge is -2.15. The van der Waals surface area contributed by atoms with Crippen molar-refractivity contribution in [2.75, 3.05) is 13.2 Å². The third kappa shape index (κ3) is 29.1. The highest BCUT2D eigenvalue weighted by Crippen LogP contribution is 2.11. The molecule has 0 fully saturated rings. The molecule has 0 unspecified atom stereocenters. The van der Waals surface area contributed by atoms with E-state index in [0.29, 0.717) is 12.8 Å². The van der Waals surface area contributed by atoms with Crippen molar-refractivity contribution >= 4 is 11.9 Å². The van der Waals surface area contributed by atoms with Crippen LogP contribution in [0.15, 0.2) is 36.5 Å². The van der Waals surface area contributed by atoms with Gasteiger partial charge in [0.15, 0.2) is 6.10 Å². The topological polar surface area (TPSA) is 72.8 Å². The van der Waals surface area contributed by atoms with E-state index in [1.165, 1.54) is 70.6 Å². The van der Waals surface area contributed by atoms with Crippen LogP contribution >= 0.6 is 0 Å². The molecule has 5 nitrogen and oxygen atoms in total. The van der Waals surface area contributed by atoms with E-state index in [2.05, 4.69) is 50.3 Å². The standard InChI is InChI=1S/C35H62O5/c1-3-5-7-9-11-13-15-16-17-18-20-21-23-25-27-29-34(37)39-32-33(31-36)40-35(38)30-28-26-24-22-19-14-12-10-8-6-4-2/h10-13,16-17,33,36H,3-9,14-15,18-32H2,1-2H3/b12-10+,13-11+,17-16+/t33-/m0/s1. The lowest BCUT2D eigenvalue weighted by Crippen LogP contribution is -2.28. The summed E-state index contributed by atoms with van der Waals surface area (Å²) >= 11 is 0. The molecule has 0 radical (unpaired) electrons. The van der Waals surface area contributed by atoms with Gasteiger partial charge in [-0.3, -0.25) is 9.59 Å². The average Bonchev–Trinajstić information content (AvgIpc) is 2.96. The Morgan fingerprint density at radius 1 is 0.575 bits per heavy atom. The first-order valence-electron chi connectivity index (χ1n) is 16.5. The van der Waals surface area contributed by atoms with Crippen LogP contribution < -0.4 is 0 Å². The zero-order valence-corrected chi connectivity index (χ0v) is 26.1. The number of rotatable bonds is 29. The quantitative estimate of drug-likeness (QED) is 0.0558. The molecule has 0 heterocycles. The van der Waals surface area contributed by atoms with Crippen molar-refractivity contribution in [1.29, 1.82) is 0 Å². The molecule has 0 bridgehead atoms. The SMILES string of the molecule is CCCC/C=C/CCCCCCCC(=O)O[C@@H](CO)COC(=O)CCCCCCC/C=C/C/C=C/CCCCC. The summed E-state index contributed by atoms with van der Waals surface area (Å²) in [4.78, 5) is 24.1. The van der Waals surface area contributed by atoms with Crippen LogP contribution in [-0.4, -0.2) is 36.4 Å². The zero-order valence-electron chi connectivity index (χ0n) is 26.1. The normalized spacial score (nSPS) is 12.6. The van der Waals surface area contributed by atoms with Gasteiger partial charge in [0, 0.05) is 12.8 Å². The Hall–Kier alpha value is -1.88. The molecule has 0 aromatic rings. The fourth-order valence-corrected chi connectivity index (χ4v) is 4.33. The van der Waals surface area contributed by atoms with Crippen LogP contribution in [0.4, 0.5) is 0 Å². The minimum absolute atomic E-state index is 0.0763. The van der Waals surface area contributed by atoms with Gasteiger partial charge in [-0.25, -0.2) is 0 Å². The lowest BCUT2D eigenvalue weighted by molar-refractivity contribution is -0.161. The molecule has 40 heavy (non-hydrogen) atoms. The van der Waals surface area contributed by atoms with E-state index in [-0.39, 0.29) is 25.2 Å². The summed E-state index contributed by atoms with van der Waals surface area (Å²) in [5.41, 5.74) is 0. The fraction of sp³-hybridized carbons (Fsp3) is 0.771. The van der Waals surface area contributed by atoms with Gasteiger partial charge in [0.05, 0.1) is 6.61 Å². The van der Waals surface area contributed by atoms with E-state index >= 15 is 0 Å². The van der Waals surface area contributed by atoms with Crippen LogP contribution in [0.5, 0.6) is 0 Å². The third-order valence-corrected chi connectivity index (χ3v) is 6.91. The number of carbonyl (C=O) groups is 2. The minimum Gasteiger partial charge on any atom is -0.462 e. The van der Waals surface area contributed by atoms with Gasteiger partial charge < -0.3 is 14.6 Å². The van der Waals surface area contributed by atoms with Gasteiger partial charge in [0.1, 0.15) is 6.61 Å². The van der Waals surface area contributed by atoms with Crippen molar-refractivity contribution in [3.05, 3.63) is 36.5 Å². The molecule has 1 N–H and O–H groups in total. The van der Waals surface area contributed by atoms with E-state index in [0.717, 1.165) is 57.8 Å². The average molecular weight is 563 g/mol. The molecule has 0 aromatic heterocycles. The number of hydrogen-bond acceptors (Lipinski definition) is 5. The van der Waals surface area contributed by atoms with E-state index in [1.54, 1.807) is 0 Å². The Balaban J connectivity index is 3.63. The Morgan fingerprint density at radius 2 is 1.02 bits per heavy atom. The van der Waals surface area contributed by atoms with Crippen LogP contribution in [0, 0.1) is 0 Å². The number of hydrogen-bond donors (Lipinski definition) is 1. The molecule has 1 atom stereocenters. The fourth-order valence-electron chi connectivity index (χ4n) is 4.33. The molecule has 5 heteroatoms. The van der Waals surface area contributed by atoms with Gasteiger partial charge in [-0.2, -0.15) is 0 Å². The number of unbranched alkanes of at least 4 members (excludes halogenated alkanes) is 15. The smallest absolute Gasteiger partial charge is 0.306 e. The largest absolute Gasteiger partial charge is 0.462 e. The Morgan fingerprint density at radius 3 is 1.57 bits per heavy atom. The molecule has 0 aromatic carbocycles. The summed E-state index contributed by atoms with van der Waals surface area (Å²) in [6.45, 7) is 4.03. The molecule has 0 aliphatic carbocycles. The summed E-state index contributed by atoms with van der Waals surface area (Å²) < 4.78 is 10.5. The predicted octanol–water partition coefficient (Wildman–Crippen LogP) is 9.72. The number of aliphatic hydroxyl groups excluding tert-OH is 1. The van der Waals surface area contributed by atoms with Gasteiger partial charge >= 0.3 is 11.9 Å². The number of carbonyl (C=O) groups excluding carboxylic acids is 2. The molecule has 232 valence electrons.